The number of para-hydroxylation sites is 1. The number of hydrogen-bond acceptors (Lipinski definition) is 3. The number of rotatable bonds is 3. The molecule has 2 heterocycles. The third-order valence-corrected chi connectivity index (χ3v) is 3.41. The predicted molar refractivity (Wildman–Crippen MR) is 72.6 cm³/mol. The van der Waals surface area contributed by atoms with Gasteiger partial charge in [-0.3, -0.25) is 4.79 Å². The largest absolute Gasteiger partial charge is 0.312 e. The van der Waals surface area contributed by atoms with Gasteiger partial charge in [-0.15, -0.1) is 0 Å². The summed E-state index contributed by atoms with van der Waals surface area (Å²) in [5, 5.41) is 0. The van der Waals surface area contributed by atoms with Crippen LogP contribution in [-0.2, 0) is 11.2 Å². The van der Waals surface area contributed by atoms with Gasteiger partial charge in [0.1, 0.15) is 6.33 Å². The molecule has 1 saturated heterocycles. The van der Waals surface area contributed by atoms with Crippen molar-refractivity contribution in [2.24, 2.45) is 5.92 Å². The number of carbonyl (C=O) groups is 1. The third-order valence-electron chi connectivity index (χ3n) is 3.41. The van der Waals surface area contributed by atoms with Crippen LogP contribution in [0.15, 0.2) is 49.1 Å². The van der Waals surface area contributed by atoms with Gasteiger partial charge >= 0.3 is 0 Å². The maximum Gasteiger partial charge on any atom is 0.227 e. The second-order valence-electron chi connectivity index (χ2n) is 4.86. The van der Waals surface area contributed by atoms with E-state index in [0.29, 0.717) is 12.3 Å². The standard InChI is InChI=1S/C15H15N3O/c19-15-7-12(6-13-8-16-11-17-9-13)10-18(15)14-4-2-1-3-5-14/h1-5,8-9,11-12H,6-7,10H2/t12-/m0/s1. The minimum atomic E-state index is 0.202. The zero-order chi connectivity index (χ0) is 13.1. The molecule has 1 atom stereocenters. The van der Waals surface area contributed by atoms with E-state index in [0.717, 1.165) is 24.2 Å². The number of anilines is 1. The van der Waals surface area contributed by atoms with Gasteiger partial charge in [-0.05, 0) is 30.0 Å². The first kappa shape index (κ1) is 11.8. The molecular formula is C15H15N3O. The Hall–Kier alpha value is -2.23. The summed E-state index contributed by atoms with van der Waals surface area (Å²) in [6.45, 7) is 0.776. The summed E-state index contributed by atoms with van der Waals surface area (Å²) >= 11 is 0. The van der Waals surface area contributed by atoms with E-state index >= 15 is 0 Å². The van der Waals surface area contributed by atoms with Crippen molar-refractivity contribution in [3.05, 3.63) is 54.6 Å². The highest BCUT2D eigenvalue weighted by Gasteiger charge is 2.30. The summed E-state index contributed by atoms with van der Waals surface area (Å²) < 4.78 is 0. The molecule has 1 aromatic carbocycles. The zero-order valence-electron chi connectivity index (χ0n) is 10.6. The van der Waals surface area contributed by atoms with E-state index in [9.17, 15) is 4.79 Å². The van der Waals surface area contributed by atoms with E-state index in [2.05, 4.69) is 9.97 Å². The molecule has 2 aromatic rings. The number of amides is 1. The lowest BCUT2D eigenvalue weighted by Gasteiger charge is -2.16. The Morgan fingerprint density at radius 1 is 1.16 bits per heavy atom. The third kappa shape index (κ3) is 2.62. The molecule has 0 saturated carbocycles. The summed E-state index contributed by atoms with van der Waals surface area (Å²) in [6, 6.07) is 9.84. The van der Waals surface area contributed by atoms with Gasteiger partial charge in [-0.1, -0.05) is 18.2 Å². The molecule has 1 aromatic heterocycles. The van der Waals surface area contributed by atoms with E-state index in [1.54, 1.807) is 0 Å². The topological polar surface area (TPSA) is 46.1 Å². The first-order valence-corrected chi connectivity index (χ1v) is 6.42. The molecule has 0 radical (unpaired) electrons. The molecule has 96 valence electrons. The fourth-order valence-electron chi connectivity index (χ4n) is 2.54. The van der Waals surface area contributed by atoms with Gasteiger partial charge in [0.05, 0.1) is 0 Å². The molecule has 1 aliphatic rings. The highest BCUT2D eigenvalue weighted by molar-refractivity contribution is 5.95. The summed E-state index contributed by atoms with van der Waals surface area (Å²) in [5.74, 6) is 0.548. The molecule has 1 fully saturated rings. The first-order chi connectivity index (χ1) is 9.33. The number of nitrogens with zero attached hydrogens (tertiary/aromatic N) is 3. The van der Waals surface area contributed by atoms with Gasteiger partial charge in [0.25, 0.3) is 0 Å². The maximum atomic E-state index is 12.1. The molecule has 0 spiro atoms. The second-order valence-corrected chi connectivity index (χ2v) is 4.86. The first-order valence-electron chi connectivity index (χ1n) is 6.42. The van der Waals surface area contributed by atoms with Crippen LogP contribution in [0.1, 0.15) is 12.0 Å². The minimum absolute atomic E-state index is 0.202. The highest BCUT2D eigenvalue weighted by Crippen LogP contribution is 2.26. The molecule has 3 rings (SSSR count). The van der Waals surface area contributed by atoms with Crippen molar-refractivity contribution in [3.8, 4) is 0 Å². The average Bonchev–Trinajstić information content (AvgIpc) is 2.82. The van der Waals surface area contributed by atoms with E-state index < -0.39 is 0 Å². The fraction of sp³-hybridized carbons (Fsp3) is 0.267. The maximum absolute atomic E-state index is 12.1. The van der Waals surface area contributed by atoms with Crippen LogP contribution in [0.3, 0.4) is 0 Å². The van der Waals surface area contributed by atoms with Crippen LogP contribution >= 0.6 is 0 Å². The van der Waals surface area contributed by atoms with Crippen LogP contribution in [0.4, 0.5) is 5.69 Å². The van der Waals surface area contributed by atoms with Crippen LogP contribution in [0.2, 0.25) is 0 Å². The second kappa shape index (κ2) is 5.18. The number of carbonyl (C=O) groups excluding carboxylic acids is 1. The van der Waals surface area contributed by atoms with Crippen molar-refractivity contribution >= 4 is 11.6 Å². The van der Waals surface area contributed by atoms with Crippen molar-refractivity contribution in [1.29, 1.82) is 0 Å². The van der Waals surface area contributed by atoms with E-state index in [4.69, 9.17) is 0 Å². The van der Waals surface area contributed by atoms with Crippen LogP contribution < -0.4 is 4.90 Å². The Bertz CT molecular complexity index is 556. The van der Waals surface area contributed by atoms with Crippen LogP contribution in [0, 0.1) is 5.92 Å². The summed E-state index contributed by atoms with van der Waals surface area (Å²) in [4.78, 5) is 22.0. The average molecular weight is 253 g/mol. The van der Waals surface area contributed by atoms with Gasteiger partial charge in [0.15, 0.2) is 0 Å². The van der Waals surface area contributed by atoms with Crippen molar-refractivity contribution in [3.63, 3.8) is 0 Å². The highest BCUT2D eigenvalue weighted by atomic mass is 16.2. The predicted octanol–water partition coefficient (Wildman–Crippen LogP) is 2.07. The summed E-state index contributed by atoms with van der Waals surface area (Å²) in [5.41, 5.74) is 2.08. The summed E-state index contributed by atoms with van der Waals surface area (Å²) in [6.07, 6.45) is 6.63. The molecule has 0 unspecified atom stereocenters. The Labute approximate surface area is 112 Å². The molecule has 0 aliphatic carbocycles. The number of hydrogen-bond donors (Lipinski definition) is 0. The number of benzene rings is 1. The Morgan fingerprint density at radius 3 is 2.63 bits per heavy atom. The Balaban J connectivity index is 1.70. The van der Waals surface area contributed by atoms with Crippen molar-refractivity contribution < 1.29 is 4.79 Å². The Kier molecular flexibility index (Phi) is 3.23. The number of aromatic nitrogens is 2. The smallest absolute Gasteiger partial charge is 0.227 e. The molecular weight excluding hydrogens is 238 g/mol. The lowest BCUT2D eigenvalue weighted by Crippen LogP contribution is -2.24. The summed E-state index contributed by atoms with van der Waals surface area (Å²) in [7, 11) is 0. The Morgan fingerprint density at radius 2 is 1.89 bits per heavy atom. The monoisotopic (exact) mass is 253 g/mol. The van der Waals surface area contributed by atoms with Gasteiger partial charge < -0.3 is 4.90 Å². The molecule has 0 N–H and O–H groups in total. The van der Waals surface area contributed by atoms with Gasteiger partial charge in [0.2, 0.25) is 5.91 Å². The van der Waals surface area contributed by atoms with Crippen LogP contribution in [-0.4, -0.2) is 22.4 Å². The van der Waals surface area contributed by atoms with E-state index in [-0.39, 0.29) is 5.91 Å². The zero-order valence-corrected chi connectivity index (χ0v) is 10.6. The molecule has 4 nitrogen and oxygen atoms in total. The van der Waals surface area contributed by atoms with Crippen molar-refractivity contribution in [2.75, 3.05) is 11.4 Å². The van der Waals surface area contributed by atoms with Gasteiger partial charge in [-0.25, -0.2) is 9.97 Å². The van der Waals surface area contributed by atoms with Crippen molar-refractivity contribution in [1.82, 2.24) is 9.97 Å². The van der Waals surface area contributed by atoms with Crippen LogP contribution in [0.25, 0.3) is 0 Å². The van der Waals surface area contributed by atoms with E-state index in [1.165, 1.54) is 6.33 Å². The van der Waals surface area contributed by atoms with Crippen LogP contribution in [0.5, 0.6) is 0 Å². The molecule has 1 amide bonds. The van der Waals surface area contributed by atoms with Gasteiger partial charge in [-0.2, -0.15) is 0 Å². The lowest BCUT2D eigenvalue weighted by atomic mass is 10.0. The molecule has 0 bridgehead atoms. The SMILES string of the molecule is O=C1C[C@H](Cc2cncnc2)CN1c1ccccc1. The minimum Gasteiger partial charge on any atom is -0.312 e. The van der Waals surface area contributed by atoms with Crippen molar-refractivity contribution in [2.45, 2.75) is 12.8 Å². The lowest BCUT2D eigenvalue weighted by molar-refractivity contribution is -0.117. The normalized spacial score (nSPS) is 18.8. The van der Waals surface area contributed by atoms with Gasteiger partial charge in [0, 0.05) is 31.0 Å². The molecule has 19 heavy (non-hydrogen) atoms. The fourth-order valence-corrected chi connectivity index (χ4v) is 2.54. The molecule has 1 aliphatic heterocycles. The quantitative estimate of drug-likeness (QED) is 0.841. The molecule has 4 heteroatoms. The van der Waals surface area contributed by atoms with E-state index in [1.807, 2.05) is 47.6 Å².